The Bertz CT molecular complexity index is 942. The van der Waals surface area contributed by atoms with Gasteiger partial charge in [-0.1, -0.05) is 29.8 Å². The molecule has 27 heavy (non-hydrogen) atoms. The molecule has 3 rings (SSSR count). The molecule has 3 aromatic rings. The maximum absolute atomic E-state index is 12.7. The number of ether oxygens (including phenoxy) is 1. The molecule has 1 amide bonds. The van der Waals surface area contributed by atoms with Gasteiger partial charge in [0.2, 0.25) is 0 Å². The largest absolute Gasteiger partial charge is 0.497 e. The molecule has 1 N–H and O–H groups in total. The van der Waals surface area contributed by atoms with Crippen molar-refractivity contribution in [2.24, 2.45) is 0 Å². The number of aryl methyl sites for hydroxylation is 2. The average molecular weight is 366 g/mol. The Kier molecular flexibility index (Phi) is 5.51. The van der Waals surface area contributed by atoms with Gasteiger partial charge in [-0.2, -0.15) is 0 Å². The molecule has 2 aromatic carbocycles. The van der Waals surface area contributed by atoms with Crippen molar-refractivity contribution in [2.75, 3.05) is 27.7 Å². The summed E-state index contributed by atoms with van der Waals surface area (Å²) < 4.78 is 11.1. The van der Waals surface area contributed by atoms with Crippen LogP contribution in [0.4, 0.5) is 0 Å². The third-order valence-electron chi connectivity index (χ3n) is 4.89. The Morgan fingerprint density at radius 2 is 1.85 bits per heavy atom. The van der Waals surface area contributed by atoms with E-state index >= 15 is 0 Å². The first-order valence-corrected chi connectivity index (χ1v) is 8.99. The lowest BCUT2D eigenvalue weighted by Gasteiger charge is -2.25. The predicted octanol–water partition coefficient (Wildman–Crippen LogP) is 4.09. The molecule has 0 saturated carbocycles. The van der Waals surface area contributed by atoms with Crippen molar-refractivity contribution < 1.29 is 13.9 Å². The highest BCUT2D eigenvalue weighted by Gasteiger charge is 2.20. The Hall–Kier alpha value is -2.79. The van der Waals surface area contributed by atoms with Gasteiger partial charge in [0.15, 0.2) is 5.76 Å². The molecule has 1 unspecified atom stereocenters. The zero-order chi connectivity index (χ0) is 19.6. The van der Waals surface area contributed by atoms with Gasteiger partial charge in [-0.05, 0) is 51.7 Å². The van der Waals surface area contributed by atoms with Gasteiger partial charge < -0.3 is 19.4 Å². The minimum atomic E-state index is -0.207. The molecular weight excluding hydrogens is 340 g/mol. The first kappa shape index (κ1) is 19.0. The second-order valence-electron chi connectivity index (χ2n) is 7.02. The lowest BCUT2D eigenvalue weighted by Crippen LogP contribution is -2.34. The second kappa shape index (κ2) is 7.84. The number of benzene rings is 2. The maximum Gasteiger partial charge on any atom is 0.287 e. The monoisotopic (exact) mass is 366 g/mol. The number of nitrogens with one attached hydrogen (secondary N) is 1. The summed E-state index contributed by atoms with van der Waals surface area (Å²) >= 11 is 0. The van der Waals surface area contributed by atoms with Crippen molar-refractivity contribution in [1.82, 2.24) is 10.2 Å². The Labute approximate surface area is 159 Å². The number of furan rings is 1. The summed E-state index contributed by atoms with van der Waals surface area (Å²) in [5, 5.41) is 3.91. The first-order valence-electron chi connectivity index (χ1n) is 8.99. The SMILES string of the molecule is COc1ccc2oc(C(=O)NCC(c3ccc(C)cc3)N(C)C)c(C)c2c1. The smallest absolute Gasteiger partial charge is 0.287 e. The molecule has 0 aliphatic rings. The van der Waals surface area contributed by atoms with Crippen molar-refractivity contribution in [2.45, 2.75) is 19.9 Å². The minimum Gasteiger partial charge on any atom is -0.497 e. The molecule has 0 aliphatic carbocycles. The summed E-state index contributed by atoms with van der Waals surface area (Å²) in [6.07, 6.45) is 0. The zero-order valence-corrected chi connectivity index (χ0v) is 16.5. The van der Waals surface area contributed by atoms with Gasteiger partial charge in [0, 0.05) is 17.5 Å². The van der Waals surface area contributed by atoms with Crippen LogP contribution in [0.3, 0.4) is 0 Å². The molecule has 142 valence electrons. The topological polar surface area (TPSA) is 54.7 Å². The van der Waals surface area contributed by atoms with E-state index in [1.165, 1.54) is 5.56 Å². The third kappa shape index (κ3) is 3.98. The predicted molar refractivity (Wildman–Crippen MR) is 107 cm³/mol. The summed E-state index contributed by atoms with van der Waals surface area (Å²) in [7, 11) is 5.64. The quantitative estimate of drug-likeness (QED) is 0.714. The Morgan fingerprint density at radius 3 is 2.48 bits per heavy atom. The minimum absolute atomic E-state index is 0.0827. The van der Waals surface area contributed by atoms with Crippen molar-refractivity contribution in [3.05, 3.63) is 64.9 Å². The highest BCUT2D eigenvalue weighted by atomic mass is 16.5. The summed E-state index contributed by atoms with van der Waals surface area (Å²) in [6.45, 7) is 4.45. The molecule has 0 fully saturated rings. The molecule has 1 heterocycles. The number of methoxy groups -OCH3 is 1. The summed E-state index contributed by atoms with van der Waals surface area (Å²) in [5.41, 5.74) is 3.88. The number of hydrogen-bond donors (Lipinski definition) is 1. The molecule has 0 spiro atoms. The lowest BCUT2D eigenvalue weighted by atomic mass is 10.0. The highest BCUT2D eigenvalue weighted by molar-refractivity contribution is 5.99. The van der Waals surface area contributed by atoms with Gasteiger partial charge in [-0.3, -0.25) is 4.79 Å². The Morgan fingerprint density at radius 1 is 1.15 bits per heavy atom. The summed E-state index contributed by atoms with van der Waals surface area (Å²) in [4.78, 5) is 14.8. The zero-order valence-electron chi connectivity index (χ0n) is 16.5. The van der Waals surface area contributed by atoms with E-state index in [-0.39, 0.29) is 11.9 Å². The van der Waals surface area contributed by atoms with Crippen LogP contribution in [0.5, 0.6) is 5.75 Å². The Balaban J connectivity index is 1.79. The molecule has 0 radical (unpaired) electrons. The van der Waals surface area contributed by atoms with Crippen LogP contribution in [-0.4, -0.2) is 38.6 Å². The lowest BCUT2D eigenvalue weighted by molar-refractivity contribution is 0.0915. The van der Waals surface area contributed by atoms with Crippen LogP contribution in [0, 0.1) is 13.8 Å². The van der Waals surface area contributed by atoms with Crippen molar-refractivity contribution >= 4 is 16.9 Å². The number of hydrogen-bond acceptors (Lipinski definition) is 4. The molecule has 5 heteroatoms. The molecule has 0 aliphatic heterocycles. The molecule has 1 aromatic heterocycles. The highest BCUT2D eigenvalue weighted by Crippen LogP contribution is 2.29. The van der Waals surface area contributed by atoms with Crippen LogP contribution >= 0.6 is 0 Å². The van der Waals surface area contributed by atoms with E-state index < -0.39 is 0 Å². The fourth-order valence-corrected chi connectivity index (χ4v) is 3.20. The van der Waals surface area contributed by atoms with Gasteiger partial charge >= 0.3 is 0 Å². The molecular formula is C22H26N2O3. The normalized spacial score (nSPS) is 12.4. The van der Waals surface area contributed by atoms with Gasteiger partial charge in [0.1, 0.15) is 11.3 Å². The molecule has 1 atom stereocenters. The van der Waals surface area contributed by atoms with E-state index in [0.717, 1.165) is 22.3 Å². The number of fused-ring (bicyclic) bond motifs is 1. The molecule has 0 saturated heterocycles. The van der Waals surface area contributed by atoms with E-state index in [1.54, 1.807) is 7.11 Å². The maximum atomic E-state index is 12.7. The van der Waals surface area contributed by atoms with Gasteiger partial charge in [0.25, 0.3) is 5.91 Å². The van der Waals surface area contributed by atoms with Crippen molar-refractivity contribution in [3.8, 4) is 5.75 Å². The van der Waals surface area contributed by atoms with Crippen molar-refractivity contribution in [3.63, 3.8) is 0 Å². The van der Waals surface area contributed by atoms with E-state index in [2.05, 4.69) is 41.4 Å². The standard InChI is InChI=1S/C22H26N2O3/c1-14-6-8-16(9-7-14)19(24(3)4)13-23-22(25)21-15(2)18-12-17(26-5)10-11-20(18)27-21/h6-12,19H,13H2,1-5H3,(H,23,25). The number of nitrogens with zero attached hydrogens (tertiary/aromatic N) is 1. The van der Waals surface area contributed by atoms with Crippen LogP contribution in [0.1, 0.15) is 33.3 Å². The van der Waals surface area contributed by atoms with E-state index in [4.69, 9.17) is 9.15 Å². The van der Waals surface area contributed by atoms with E-state index in [0.29, 0.717) is 17.9 Å². The number of likely N-dealkylation sites (N-methyl/N-ethyl adjacent to an activating group) is 1. The van der Waals surface area contributed by atoms with Crippen LogP contribution in [0.2, 0.25) is 0 Å². The number of carbonyl (C=O) groups excluding carboxylic acids is 1. The van der Waals surface area contributed by atoms with Crippen molar-refractivity contribution in [1.29, 1.82) is 0 Å². The third-order valence-corrected chi connectivity index (χ3v) is 4.89. The molecule has 0 bridgehead atoms. The number of carbonyl (C=O) groups is 1. The van der Waals surface area contributed by atoms with Gasteiger partial charge in [-0.15, -0.1) is 0 Å². The van der Waals surface area contributed by atoms with Gasteiger partial charge in [0.05, 0.1) is 13.2 Å². The van der Waals surface area contributed by atoms with Crippen LogP contribution in [0.15, 0.2) is 46.9 Å². The molecule has 5 nitrogen and oxygen atoms in total. The average Bonchev–Trinajstić information content (AvgIpc) is 2.99. The van der Waals surface area contributed by atoms with E-state index in [9.17, 15) is 4.79 Å². The first-order chi connectivity index (χ1) is 12.9. The number of rotatable bonds is 6. The second-order valence-corrected chi connectivity index (χ2v) is 7.02. The number of amides is 1. The summed E-state index contributed by atoms with van der Waals surface area (Å²) in [5.74, 6) is 0.881. The van der Waals surface area contributed by atoms with Crippen LogP contribution in [0.25, 0.3) is 11.0 Å². The van der Waals surface area contributed by atoms with Crippen LogP contribution in [-0.2, 0) is 0 Å². The van der Waals surface area contributed by atoms with Crippen LogP contribution < -0.4 is 10.1 Å². The fourth-order valence-electron chi connectivity index (χ4n) is 3.20. The van der Waals surface area contributed by atoms with E-state index in [1.807, 2.05) is 39.2 Å². The summed E-state index contributed by atoms with van der Waals surface area (Å²) in [6, 6.07) is 14.0. The fraction of sp³-hybridized carbons (Fsp3) is 0.318. The van der Waals surface area contributed by atoms with Gasteiger partial charge in [-0.25, -0.2) is 0 Å².